The van der Waals surface area contributed by atoms with E-state index in [4.69, 9.17) is 92.1 Å². The molecule has 768 valence electrons. The second kappa shape index (κ2) is 38.5. The van der Waals surface area contributed by atoms with Crippen molar-refractivity contribution in [2.45, 2.75) is 276 Å². The van der Waals surface area contributed by atoms with Gasteiger partial charge in [-0.1, -0.05) is 59.8 Å². The van der Waals surface area contributed by atoms with Crippen molar-refractivity contribution in [2.24, 2.45) is 98.0 Å². The Morgan fingerprint density at radius 3 is 1.07 bits per heavy atom. The Morgan fingerprint density at radius 2 is 0.774 bits per heavy atom. The number of carboxylic acids is 8. The fraction of sp³-hybridized carbons (Fsp3) is 0.875. The van der Waals surface area contributed by atoms with Gasteiger partial charge in [-0.25, -0.2) is 4.72 Å². The first-order valence-electron chi connectivity index (χ1n) is 47.2. The van der Waals surface area contributed by atoms with Crippen molar-refractivity contribution in [3.63, 3.8) is 0 Å². The first kappa shape index (κ1) is 107. The van der Waals surface area contributed by atoms with Crippen LogP contribution in [-0.4, -0.2) is 361 Å². The van der Waals surface area contributed by atoms with Gasteiger partial charge in [0.25, 0.3) is 40.8 Å². The summed E-state index contributed by atoms with van der Waals surface area (Å²) in [4.78, 5) is 117. The van der Waals surface area contributed by atoms with E-state index in [1.54, 1.807) is 0 Å². The summed E-state index contributed by atoms with van der Waals surface area (Å²) in [6.07, 6.45) is 10.2. The van der Waals surface area contributed by atoms with Crippen LogP contribution in [0.5, 0.6) is 0 Å². The lowest BCUT2D eigenvalue weighted by molar-refractivity contribution is -0.199. The van der Waals surface area contributed by atoms with Crippen LogP contribution in [0.4, 0.5) is 0 Å². The molecule has 18 atom stereocenters. The minimum absolute atomic E-state index is 0.000848. The largest absolute Gasteiger partial charge is 0.528 e. The Hall–Kier alpha value is -6.08. The lowest BCUT2D eigenvalue weighted by atomic mass is 9.43. The van der Waals surface area contributed by atoms with E-state index < -0.39 is 217 Å². The van der Waals surface area contributed by atoms with Gasteiger partial charge in [0.05, 0.1) is 49.1 Å². The molecule has 4 bridgehead atoms. The number of rotatable bonds is 39. The highest BCUT2D eigenvalue weighted by molar-refractivity contribution is 7.87. The molecule has 8 saturated carbocycles. The van der Waals surface area contributed by atoms with Gasteiger partial charge in [0, 0.05) is 133 Å². The van der Waals surface area contributed by atoms with E-state index in [9.17, 15) is 102 Å². The van der Waals surface area contributed by atoms with Gasteiger partial charge in [0.2, 0.25) is 0 Å². The summed E-state index contributed by atoms with van der Waals surface area (Å²) in [6.45, 7) is 15.3. The standard InChI is InChI=1S/C24H40BN3O6S.C23H39BN4O6S.C17H27BN4O11S.C16H27BN4O11S/c1-21(2)17-10-18(21)22(3)19(11-17)33-25(34-22)9-4-6-16-12-27(15-24(16,26)20(29)30)35(31,32)28-13-23(14-28)7-5-8-23;1-20(2)16-9-17(20)21(3)18(10-16)33-24(34-21)7-4-5-15-11-27(14-23(15,25)19(29)30)35(31,32)28-12-22(13-28)6-8-26-22;19-10-4-11(10)21-34(30,31)22-7-9(17(20,8-22)14(27)28)2-1-3-18-32-15(29)16(33-18,5-12(23)24)6-13(25)26;18-4-5-20-33(29,30)21-8-10(16(19,9-21)13(26)27)2-1-3-17-31-14(28)15(32-17,6-11(22)23)7-12(24)25/h16-19H,4-15,26H2,1-3H3,(H,29,30);15-18,26H,4-14,25H2,1-3H3,(H,29,30);9-11,21H,1-8,19-20H2,(H,23,24)(H,25,26)(H,27,28);10,20H,1-9,18-19H2,(H,22,23)(H,24,25)(H,26,27)/t16-,17+,18+,19-,22+,24-;15-,16+,17+,18-,21+,23-;9-,10+,11+,17-;10-,16-/m0000/s1. The monoisotopic (exact) mass is 2020 g/mol. The van der Waals surface area contributed by atoms with Crippen LogP contribution in [0.1, 0.15) is 176 Å². The summed E-state index contributed by atoms with van der Waals surface area (Å²) in [7, 11) is -18.5. The quantitative estimate of drug-likeness (QED) is 0.0267. The van der Waals surface area contributed by atoms with Gasteiger partial charge in [-0.15, -0.1) is 0 Å². The maximum absolute atomic E-state index is 13.2. The highest BCUT2D eigenvalue weighted by Gasteiger charge is 2.71. The summed E-state index contributed by atoms with van der Waals surface area (Å²) in [5.41, 5.74) is 24.7. The first-order chi connectivity index (χ1) is 63.5. The molecule has 137 heavy (non-hydrogen) atoms. The molecule has 11 saturated heterocycles. The minimum atomic E-state index is -4.00. The van der Waals surface area contributed by atoms with Crippen LogP contribution in [-0.2, 0) is 126 Å². The highest BCUT2D eigenvalue weighted by Crippen LogP contribution is 2.68. The van der Waals surface area contributed by atoms with Crippen molar-refractivity contribution >= 4 is 129 Å². The van der Waals surface area contributed by atoms with Crippen LogP contribution in [0.3, 0.4) is 0 Å². The fourth-order valence-corrected chi connectivity index (χ4v) is 31.2. The molecular weight excluding hydrogens is 1890 g/mol. The normalized spacial score (nSPS) is 36.2. The Bertz CT molecular complexity index is 4950. The summed E-state index contributed by atoms with van der Waals surface area (Å²) in [5.74, 6) is -13.1. The van der Waals surface area contributed by atoms with Crippen molar-refractivity contribution in [1.82, 2.24) is 40.6 Å². The summed E-state index contributed by atoms with van der Waals surface area (Å²) in [6, 6.07) is -0.703. The van der Waals surface area contributed by atoms with Crippen LogP contribution >= 0.6 is 0 Å². The number of nitrogens with one attached hydrogen (secondary N) is 3. The molecule has 49 nitrogen and oxygen atoms in total. The predicted octanol–water partition coefficient (Wildman–Crippen LogP) is -3.37. The van der Waals surface area contributed by atoms with E-state index in [0.29, 0.717) is 94.6 Å². The zero-order valence-electron chi connectivity index (χ0n) is 78.0. The van der Waals surface area contributed by atoms with Crippen molar-refractivity contribution in [3.8, 4) is 0 Å². The molecule has 0 radical (unpaired) electrons. The van der Waals surface area contributed by atoms with Crippen LogP contribution in [0.25, 0.3) is 0 Å². The van der Waals surface area contributed by atoms with E-state index in [1.165, 1.54) is 30.1 Å². The number of hydrogen-bond acceptors (Lipinski definition) is 33. The van der Waals surface area contributed by atoms with Gasteiger partial charge in [0.15, 0.2) is 11.2 Å². The van der Waals surface area contributed by atoms with Gasteiger partial charge >= 0.3 is 88.2 Å². The second-order valence-corrected chi connectivity index (χ2v) is 50.5. The first-order valence-corrected chi connectivity index (χ1v) is 52.9. The molecule has 19 aliphatic rings. The maximum atomic E-state index is 13.2. The lowest BCUT2D eigenvalue weighted by Gasteiger charge is -2.64. The Kier molecular flexibility index (Phi) is 30.0. The van der Waals surface area contributed by atoms with Gasteiger partial charge in [-0.05, 0) is 163 Å². The topological polar surface area (TPSA) is 755 Å². The van der Waals surface area contributed by atoms with Gasteiger partial charge < -0.3 is 118 Å². The number of nitrogens with two attached hydrogens (primary N) is 6. The Morgan fingerprint density at radius 1 is 0.445 bits per heavy atom. The lowest BCUT2D eigenvalue weighted by Crippen LogP contribution is -2.77. The summed E-state index contributed by atoms with van der Waals surface area (Å²) < 4.78 is 161. The molecule has 11 aliphatic heterocycles. The van der Waals surface area contributed by atoms with E-state index in [0.717, 1.165) is 53.7 Å². The third-order valence-corrected chi connectivity index (χ3v) is 40.4. The van der Waals surface area contributed by atoms with E-state index >= 15 is 0 Å². The van der Waals surface area contributed by atoms with E-state index in [2.05, 4.69) is 56.3 Å². The molecule has 8 aliphatic carbocycles. The molecule has 2 spiro atoms. The molecule has 0 amide bonds. The molecule has 11 heterocycles. The third kappa shape index (κ3) is 20.5. The number of hydrogen-bond donors (Lipinski definition) is 17. The van der Waals surface area contributed by atoms with Crippen molar-refractivity contribution in [3.05, 3.63) is 0 Å². The molecule has 57 heteroatoms. The highest BCUT2D eigenvalue weighted by atomic mass is 32.2. The van der Waals surface area contributed by atoms with Gasteiger partial charge in [0.1, 0.15) is 22.2 Å². The van der Waals surface area contributed by atoms with Crippen molar-refractivity contribution in [2.75, 3.05) is 98.2 Å². The number of carboxylic acid groups (broad SMARTS) is 8. The van der Waals surface area contributed by atoms with E-state index in [-0.39, 0.29) is 156 Å². The number of aliphatic carboxylic acids is 8. The second-order valence-electron chi connectivity index (χ2n) is 43.2. The summed E-state index contributed by atoms with van der Waals surface area (Å²) in [5, 5.41) is 78.5. The molecular formula is C80H133B4N15O34S4. The number of carbonyl (C=O) groups is 10. The Labute approximate surface area is 797 Å². The number of nitrogens with zero attached hydrogens (tertiary/aromatic N) is 6. The molecule has 0 aromatic heterocycles. The van der Waals surface area contributed by atoms with Crippen LogP contribution in [0.15, 0.2) is 0 Å². The van der Waals surface area contributed by atoms with E-state index in [1.807, 2.05) is 0 Å². The fourth-order valence-electron chi connectivity index (χ4n) is 24.4. The zero-order chi connectivity index (χ0) is 101. The SMILES string of the molecule is CC1(C)[C@H]2C[C@@H]3OB(CCC[C@H]4CN(S(=O)(=O)N5CC6(CCC6)C5)C[C@@]4(N)C(=O)O)O[C@]3(C)[C@@H]1C2.CC1(C)[C@H]2C[C@@H]3OB(CCC[C@H]4CN(S(=O)(=O)N5CC6(CCN6)C5)C[C@@]4(N)C(=O)O)O[C@]3(C)[C@@H]1C2.NCCNS(=O)(=O)N1C[C@H](CCCB2OC(=O)C(CC(=O)O)(CC(=O)O)O2)[C@](N)(C(=O)O)C1.N[C@@H]1C[C@H]1NS(=O)(=O)N1C[C@H](CCCB2OC(=O)C(CC(=O)O)(CC(=O)O)O2)[C@](N)(C(=O)O)C1. The average molecular weight is 2020 g/mol. The van der Waals surface area contributed by atoms with Crippen molar-refractivity contribution < 1.29 is 160 Å². The third-order valence-electron chi connectivity index (χ3n) is 33.7. The van der Waals surface area contributed by atoms with Crippen LogP contribution in [0, 0.1) is 63.6 Å². The molecule has 0 aromatic carbocycles. The van der Waals surface area contributed by atoms with Gasteiger partial charge in [-0.2, -0.15) is 64.2 Å². The predicted molar refractivity (Wildman–Crippen MR) is 482 cm³/mol. The molecule has 0 aromatic rings. The van der Waals surface area contributed by atoms with Crippen LogP contribution < -0.4 is 49.2 Å². The van der Waals surface area contributed by atoms with Crippen molar-refractivity contribution in [1.29, 1.82) is 0 Å². The molecule has 23 N–H and O–H groups in total. The molecule has 19 fully saturated rings. The smallest absolute Gasteiger partial charge is 0.507 e. The Balaban J connectivity index is 0.000000146. The van der Waals surface area contributed by atoms with Gasteiger partial charge in [-0.3, -0.25) is 47.9 Å². The minimum Gasteiger partial charge on any atom is -0.507 e. The summed E-state index contributed by atoms with van der Waals surface area (Å²) >= 11 is 0. The maximum Gasteiger partial charge on any atom is 0.528 e. The number of carbonyl (C=O) groups excluding carboxylic acids is 2. The zero-order valence-corrected chi connectivity index (χ0v) is 81.3. The average Bonchev–Trinajstić information content (AvgIpc) is 1.61. The molecule has 19 rings (SSSR count). The molecule has 0 unspecified atom stereocenters. The van der Waals surface area contributed by atoms with Crippen LogP contribution in [0.2, 0.25) is 25.3 Å².